The van der Waals surface area contributed by atoms with Crippen LogP contribution in [0.15, 0.2) is 11.1 Å². The van der Waals surface area contributed by atoms with Crippen LogP contribution in [-0.4, -0.2) is 30.6 Å². The van der Waals surface area contributed by atoms with Gasteiger partial charge in [-0.1, -0.05) is 28.9 Å². The molecule has 0 aromatic heterocycles. The van der Waals surface area contributed by atoms with Gasteiger partial charge in [0.25, 0.3) is 0 Å². The molecule has 1 atom stereocenters. The van der Waals surface area contributed by atoms with Crippen LogP contribution >= 0.6 is 15.9 Å². The molecule has 2 N–H and O–H groups in total. The summed E-state index contributed by atoms with van der Waals surface area (Å²) in [6.45, 7) is 6.87. The normalized spacial score (nSPS) is 24.6. The third-order valence-corrected chi connectivity index (χ3v) is 2.87. The van der Waals surface area contributed by atoms with Crippen molar-refractivity contribution in [3.63, 3.8) is 0 Å². The fourth-order valence-corrected chi connectivity index (χ4v) is 2.33. The van der Waals surface area contributed by atoms with Crippen LogP contribution < -0.4 is 5.73 Å². The van der Waals surface area contributed by atoms with E-state index in [-0.39, 0.29) is 0 Å². The number of hydrogen-bond acceptors (Lipinski definition) is 2. The Bertz CT molecular complexity index is 168. The standard InChI is InChI=1S/C10H19BrN2/c1-9(11)8-13-7-3-2-4-10(13)5-6-12/h10H,1-8,12H2. The SMILES string of the molecule is C=C(Br)CN1CCCCC1CCN. The average Bonchev–Trinajstić information content (AvgIpc) is 2.08. The second-order valence-corrected chi connectivity index (χ2v) is 4.84. The molecular formula is C10H19BrN2. The van der Waals surface area contributed by atoms with Gasteiger partial charge in [0, 0.05) is 17.1 Å². The number of piperidine rings is 1. The maximum Gasteiger partial charge on any atom is 0.0296 e. The summed E-state index contributed by atoms with van der Waals surface area (Å²) < 4.78 is 1.08. The summed E-state index contributed by atoms with van der Waals surface area (Å²) in [4.78, 5) is 2.49. The van der Waals surface area contributed by atoms with Gasteiger partial charge < -0.3 is 5.73 Å². The van der Waals surface area contributed by atoms with Gasteiger partial charge in [-0.3, -0.25) is 4.90 Å². The van der Waals surface area contributed by atoms with E-state index in [9.17, 15) is 0 Å². The summed E-state index contributed by atoms with van der Waals surface area (Å²) >= 11 is 3.42. The molecule has 0 bridgehead atoms. The van der Waals surface area contributed by atoms with Gasteiger partial charge in [0.15, 0.2) is 0 Å². The molecule has 1 fully saturated rings. The smallest absolute Gasteiger partial charge is 0.0296 e. The maximum absolute atomic E-state index is 5.59. The van der Waals surface area contributed by atoms with Gasteiger partial charge in [0.05, 0.1) is 0 Å². The Balaban J connectivity index is 2.41. The Morgan fingerprint density at radius 1 is 1.54 bits per heavy atom. The van der Waals surface area contributed by atoms with Crippen LogP contribution in [0.3, 0.4) is 0 Å². The number of nitrogens with two attached hydrogens (primary N) is 1. The van der Waals surface area contributed by atoms with E-state index in [1.807, 2.05) is 0 Å². The topological polar surface area (TPSA) is 29.3 Å². The minimum atomic E-state index is 0.688. The van der Waals surface area contributed by atoms with E-state index in [4.69, 9.17) is 5.73 Å². The molecule has 1 saturated heterocycles. The van der Waals surface area contributed by atoms with E-state index in [0.29, 0.717) is 6.04 Å². The molecule has 76 valence electrons. The van der Waals surface area contributed by atoms with E-state index in [2.05, 4.69) is 27.4 Å². The highest BCUT2D eigenvalue weighted by molar-refractivity contribution is 9.11. The first-order valence-electron chi connectivity index (χ1n) is 5.01. The van der Waals surface area contributed by atoms with Crippen molar-refractivity contribution in [3.05, 3.63) is 11.1 Å². The molecular weight excluding hydrogens is 228 g/mol. The molecule has 2 nitrogen and oxygen atoms in total. The van der Waals surface area contributed by atoms with E-state index in [1.54, 1.807) is 0 Å². The molecule has 0 saturated carbocycles. The van der Waals surface area contributed by atoms with Crippen molar-refractivity contribution in [3.8, 4) is 0 Å². The molecule has 0 aromatic carbocycles. The van der Waals surface area contributed by atoms with Crippen molar-refractivity contribution in [2.45, 2.75) is 31.7 Å². The fourth-order valence-electron chi connectivity index (χ4n) is 2.01. The second kappa shape index (κ2) is 5.78. The highest BCUT2D eigenvalue weighted by Gasteiger charge is 2.21. The molecule has 1 rings (SSSR count). The van der Waals surface area contributed by atoms with Crippen LogP contribution in [0.2, 0.25) is 0 Å². The summed E-state index contributed by atoms with van der Waals surface area (Å²) in [5.74, 6) is 0. The van der Waals surface area contributed by atoms with Crippen LogP contribution in [0.4, 0.5) is 0 Å². The van der Waals surface area contributed by atoms with E-state index >= 15 is 0 Å². The fraction of sp³-hybridized carbons (Fsp3) is 0.800. The molecule has 0 aromatic rings. The lowest BCUT2D eigenvalue weighted by Gasteiger charge is -2.35. The summed E-state index contributed by atoms with van der Waals surface area (Å²) in [6.07, 6.45) is 5.11. The lowest BCUT2D eigenvalue weighted by Crippen LogP contribution is -2.41. The molecule has 0 radical (unpaired) electrons. The third-order valence-electron chi connectivity index (χ3n) is 2.62. The van der Waals surface area contributed by atoms with Gasteiger partial charge in [0.2, 0.25) is 0 Å². The quantitative estimate of drug-likeness (QED) is 0.824. The van der Waals surface area contributed by atoms with Crippen molar-refractivity contribution in [1.29, 1.82) is 0 Å². The van der Waals surface area contributed by atoms with Gasteiger partial charge in [-0.2, -0.15) is 0 Å². The zero-order valence-electron chi connectivity index (χ0n) is 8.14. The molecule has 0 aliphatic carbocycles. The molecule has 3 heteroatoms. The zero-order chi connectivity index (χ0) is 9.68. The Morgan fingerprint density at radius 3 is 2.92 bits per heavy atom. The number of nitrogens with zero attached hydrogens (tertiary/aromatic N) is 1. The van der Waals surface area contributed by atoms with Crippen molar-refractivity contribution >= 4 is 15.9 Å². The number of likely N-dealkylation sites (tertiary alicyclic amines) is 1. The highest BCUT2D eigenvalue weighted by atomic mass is 79.9. The van der Waals surface area contributed by atoms with Crippen LogP contribution in [0.1, 0.15) is 25.7 Å². The average molecular weight is 247 g/mol. The second-order valence-electron chi connectivity index (χ2n) is 3.71. The highest BCUT2D eigenvalue weighted by Crippen LogP contribution is 2.20. The molecule has 13 heavy (non-hydrogen) atoms. The molecule has 1 heterocycles. The lowest BCUT2D eigenvalue weighted by molar-refractivity contribution is 0.158. The van der Waals surface area contributed by atoms with Crippen molar-refractivity contribution in [2.24, 2.45) is 5.73 Å². The first-order chi connectivity index (χ1) is 6.24. The Morgan fingerprint density at radius 2 is 2.31 bits per heavy atom. The number of rotatable bonds is 4. The molecule has 0 amide bonds. The van der Waals surface area contributed by atoms with Gasteiger partial charge in [0.1, 0.15) is 0 Å². The summed E-state index contributed by atoms with van der Waals surface area (Å²) in [5.41, 5.74) is 5.59. The minimum Gasteiger partial charge on any atom is -0.330 e. The Hall–Kier alpha value is 0.140. The summed E-state index contributed by atoms with van der Waals surface area (Å²) in [6, 6.07) is 0.688. The van der Waals surface area contributed by atoms with Crippen molar-refractivity contribution in [2.75, 3.05) is 19.6 Å². The van der Waals surface area contributed by atoms with Crippen LogP contribution in [0, 0.1) is 0 Å². The van der Waals surface area contributed by atoms with Crippen molar-refractivity contribution < 1.29 is 0 Å². The zero-order valence-corrected chi connectivity index (χ0v) is 9.72. The predicted molar refractivity (Wildman–Crippen MR) is 61.0 cm³/mol. The van der Waals surface area contributed by atoms with E-state index in [1.165, 1.54) is 25.8 Å². The molecule has 1 aliphatic rings. The minimum absolute atomic E-state index is 0.688. The molecule has 1 aliphatic heterocycles. The first kappa shape index (κ1) is 11.2. The van der Waals surface area contributed by atoms with Gasteiger partial charge in [-0.05, 0) is 32.4 Å². The molecule has 0 spiro atoms. The predicted octanol–water partition coefficient (Wildman–Crippen LogP) is 2.10. The molecule has 1 unspecified atom stereocenters. The van der Waals surface area contributed by atoms with Gasteiger partial charge >= 0.3 is 0 Å². The van der Waals surface area contributed by atoms with E-state index in [0.717, 1.165) is 24.0 Å². The summed E-state index contributed by atoms with van der Waals surface area (Å²) in [5, 5.41) is 0. The van der Waals surface area contributed by atoms with E-state index < -0.39 is 0 Å². The van der Waals surface area contributed by atoms with Crippen LogP contribution in [-0.2, 0) is 0 Å². The maximum atomic E-state index is 5.59. The Labute approximate surface area is 89.3 Å². The lowest BCUT2D eigenvalue weighted by atomic mass is 9.99. The third kappa shape index (κ3) is 3.79. The van der Waals surface area contributed by atoms with Gasteiger partial charge in [-0.25, -0.2) is 0 Å². The van der Waals surface area contributed by atoms with Gasteiger partial charge in [-0.15, -0.1) is 0 Å². The Kier molecular flexibility index (Phi) is 4.99. The van der Waals surface area contributed by atoms with Crippen LogP contribution in [0.25, 0.3) is 0 Å². The summed E-state index contributed by atoms with van der Waals surface area (Å²) in [7, 11) is 0. The van der Waals surface area contributed by atoms with Crippen LogP contribution in [0.5, 0.6) is 0 Å². The monoisotopic (exact) mass is 246 g/mol. The first-order valence-corrected chi connectivity index (χ1v) is 5.80. The van der Waals surface area contributed by atoms with Crippen molar-refractivity contribution in [1.82, 2.24) is 4.90 Å². The largest absolute Gasteiger partial charge is 0.330 e. The number of hydrogen-bond donors (Lipinski definition) is 1. The number of halogens is 1.